The smallest absolute Gasteiger partial charge is 0.279 e. The van der Waals surface area contributed by atoms with Gasteiger partial charge in [-0.15, -0.1) is 45.3 Å². The van der Waals surface area contributed by atoms with Crippen LogP contribution in [0.25, 0.3) is 10.2 Å². The fourth-order valence-corrected chi connectivity index (χ4v) is 7.41. The van der Waals surface area contributed by atoms with E-state index in [4.69, 9.17) is 29.4 Å². The van der Waals surface area contributed by atoms with E-state index in [1.807, 2.05) is 38.3 Å². The van der Waals surface area contributed by atoms with E-state index in [1.54, 1.807) is 96.6 Å². The third-order valence-electron chi connectivity index (χ3n) is 7.93. The van der Waals surface area contributed by atoms with Crippen LogP contribution in [0.3, 0.4) is 0 Å². The van der Waals surface area contributed by atoms with Gasteiger partial charge in [0.05, 0.1) is 41.3 Å². The van der Waals surface area contributed by atoms with Crippen LogP contribution in [-0.2, 0) is 30.7 Å². The maximum atomic E-state index is 11.7. The van der Waals surface area contributed by atoms with Crippen molar-refractivity contribution in [3.05, 3.63) is 77.6 Å². The van der Waals surface area contributed by atoms with Gasteiger partial charge in [0.25, 0.3) is 29.3 Å². The molecule has 5 heterocycles. The first-order valence-electron chi connectivity index (χ1n) is 17.7. The average molecular weight is 925 g/mol. The van der Waals surface area contributed by atoms with E-state index in [1.165, 1.54) is 55.3 Å². The molecule has 5 aromatic heterocycles. The second-order valence-corrected chi connectivity index (χ2v) is 16.2. The monoisotopic (exact) mass is 924 g/mol. The third kappa shape index (κ3) is 17.5. The molecule has 0 atom stereocenters. The van der Waals surface area contributed by atoms with Gasteiger partial charge < -0.3 is 45.4 Å². The highest BCUT2D eigenvalue weighted by Gasteiger charge is 2.20. The number of carbonyl (C=O) groups is 3. The molecule has 5 N–H and O–H groups in total. The zero-order chi connectivity index (χ0) is 45.7. The summed E-state index contributed by atoms with van der Waals surface area (Å²) in [6.07, 6.45) is 0. The largest absolute Gasteiger partial charge is 0.484 e. The minimum atomic E-state index is -0.875. The van der Waals surface area contributed by atoms with Crippen molar-refractivity contribution in [1.29, 1.82) is 0 Å². The van der Waals surface area contributed by atoms with E-state index >= 15 is 0 Å². The minimum absolute atomic E-state index is 0. The van der Waals surface area contributed by atoms with Gasteiger partial charge in [-0.1, -0.05) is 7.43 Å². The van der Waals surface area contributed by atoms with E-state index in [0.717, 1.165) is 25.8 Å². The number of rotatable bonds is 8. The van der Waals surface area contributed by atoms with Crippen LogP contribution in [0, 0.1) is 20.8 Å². The van der Waals surface area contributed by atoms with Crippen LogP contribution in [0.2, 0.25) is 0 Å². The Labute approximate surface area is 374 Å². The van der Waals surface area contributed by atoms with E-state index in [2.05, 4.69) is 30.9 Å². The molecular weight excluding hydrogens is 865 g/mol. The van der Waals surface area contributed by atoms with Gasteiger partial charge in [-0.25, -0.2) is 15.0 Å². The normalized spacial score (nSPS) is 10.8. The number of carbonyl (C=O) groups excluding carboxylic acids is 3. The number of aromatic nitrogens is 2. The molecule has 0 saturated heterocycles. The van der Waals surface area contributed by atoms with Gasteiger partial charge in [0, 0.05) is 80.0 Å². The molecule has 0 unspecified atom stereocenters. The molecule has 5 aromatic rings. The highest BCUT2D eigenvalue weighted by atomic mass is 32.1. The Kier molecular flexibility index (Phi) is 25.5. The molecule has 0 aliphatic heterocycles. The lowest BCUT2D eigenvalue weighted by atomic mass is 10.3. The Bertz CT molecular complexity index is 2260. The van der Waals surface area contributed by atoms with Crippen molar-refractivity contribution in [2.24, 2.45) is 17.0 Å². The number of methoxy groups -OCH3 is 5. The lowest BCUT2D eigenvalue weighted by molar-refractivity contribution is -0.340. The van der Waals surface area contributed by atoms with Gasteiger partial charge in [0.1, 0.15) is 20.7 Å². The molecule has 3 amide bonds. The van der Waals surface area contributed by atoms with Gasteiger partial charge in [0.2, 0.25) is 0 Å². The summed E-state index contributed by atoms with van der Waals surface area (Å²) in [7, 11) is 14.2. The van der Waals surface area contributed by atoms with Gasteiger partial charge in [-0.05, 0) is 55.8 Å². The number of nitrogens with zero attached hydrogens (tertiary/aromatic N) is 4. The van der Waals surface area contributed by atoms with Crippen molar-refractivity contribution in [2.75, 3.05) is 62.4 Å². The van der Waals surface area contributed by atoms with Crippen molar-refractivity contribution in [3.63, 3.8) is 0 Å². The van der Waals surface area contributed by atoms with Crippen molar-refractivity contribution >= 4 is 100 Å². The number of aliphatic imine (C=N–C) groups is 2. The SMILES string of the molecule is C.CNC(=O)c1cc(C)sc1N=C(C)OC.CNC(=O)c1ccsc1N.CNC(=O)c1ccsc1N=C(C)OC.COC(C)(OC)OC.Cc1cc2c(=O)n(C)c(C)nc2s1. The number of nitrogen functional groups attached to an aromatic ring is 1. The molecule has 21 heteroatoms. The van der Waals surface area contributed by atoms with Crippen molar-refractivity contribution in [1.82, 2.24) is 25.5 Å². The summed E-state index contributed by atoms with van der Waals surface area (Å²) in [4.78, 5) is 61.2. The van der Waals surface area contributed by atoms with Crippen molar-refractivity contribution in [2.45, 2.75) is 54.9 Å². The highest BCUT2D eigenvalue weighted by Crippen LogP contribution is 2.31. The number of thiophene rings is 4. The Morgan fingerprint density at radius 1 is 0.738 bits per heavy atom. The van der Waals surface area contributed by atoms with Crippen LogP contribution in [0.1, 0.15) is 74.9 Å². The van der Waals surface area contributed by atoms with Gasteiger partial charge >= 0.3 is 0 Å². The van der Waals surface area contributed by atoms with Crippen LogP contribution in [-0.4, -0.2) is 102 Å². The molecule has 338 valence electrons. The van der Waals surface area contributed by atoms with E-state index in [-0.39, 0.29) is 30.7 Å². The highest BCUT2D eigenvalue weighted by molar-refractivity contribution is 7.18. The molecule has 61 heavy (non-hydrogen) atoms. The number of fused-ring (bicyclic) bond motifs is 1. The van der Waals surface area contributed by atoms with Crippen molar-refractivity contribution in [3.8, 4) is 0 Å². The molecule has 0 saturated carbocycles. The molecule has 0 bridgehead atoms. The Morgan fingerprint density at radius 2 is 1.20 bits per heavy atom. The second kappa shape index (κ2) is 27.7. The van der Waals surface area contributed by atoms with Gasteiger partial charge in [-0.2, -0.15) is 0 Å². The van der Waals surface area contributed by atoms with Crippen LogP contribution in [0.4, 0.5) is 15.0 Å². The Hall–Kier alpha value is -5.03. The molecule has 0 spiro atoms. The standard InChI is InChI=1S/C10H14N2O2S.C9H12N2O2S.C9H10N2OS.C6H8N2OS.C5H12O3.CH4/c1-6-5-8(9(13)11-3)10(15-6)12-7(2)14-4;1-6(13-3)11-9-7(4-5-14-9)8(12)10-2;1-5-4-7-8(13-5)10-6(2)11(3)9(7)12;1-8-6(9)4-2-3-10-5(4)7;1-5(6-2,7-3)8-4;/h5H,1-4H3,(H,11,13);4-5H,1-3H3,(H,10,12);4H,1-3H3;2-3H,7H2,1H3,(H,8,9);1-4H3;1H4. The Balaban J connectivity index is 0.000000746. The fraction of sp³-hybridized carbons (Fsp3) is 0.425. The topological polar surface area (TPSA) is 219 Å². The number of ether oxygens (including phenoxy) is 5. The molecule has 17 nitrogen and oxygen atoms in total. The predicted molar refractivity (Wildman–Crippen MR) is 252 cm³/mol. The summed E-state index contributed by atoms with van der Waals surface area (Å²) in [6.45, 7) is 11.0. The third-order valence-corrected chi connectivity index (χ3v) is 11.4. The number of nitrogens with two attached hydrogens (primary N) is 1. The fourth-order valence-electron chi connectivity index (χ4n) is 4.14. The quantitative estimate of drug-likeness (QED) is 0.0680. The number of anilines is 1. The molecule has 5 rings (SSSR count). The van der Waals surface area contributed by atoms with Crippen LogP contribution >= 0.6 is 45.3 Å². The van der Waals surface area contributed by atoms with Gasteiger partial charge in [-0.3, -0.25) is 23.7 Å². The maximum absolute atomic E-state index is 11.7. The summed E-state index contributed by atoms with van der Waals surface area (Å²) in [6, 6.07) is 7.17. The molecule has 0 fully saturated rings. The number of nitrogens with one attached hydrogen (secondary N) is 3. The summed E-state index contributed by atoms with van der Waals surface area (Å²) in [5.41, 5.74) is 7.26. The zero-order valence-corrected chi connectivity index (χ0v) is 39.9. The second-order valence-electron chi connectivity index (χ2n) is 11.9. The van der Waals surface area contributed by atoms with Crippen LogP contribution in [0.15, 0.2) is 49.8 Å². The number of amides is 3. The number of hydrogen-bond donors (Lipinski definition) is 4. The first-order chi connectivity index (χ1) is 28.3. The zero-order valence-electron chi connectivity index (χ0n) is 36.6. The molecule has 0 aliphatic carbocycles. The van der Waals surface area contributed by atoms with Gasteiger partial charge in [0.15, 0.2) is 11.8 Å². The van der Waals surface area contributed by atoms with Crippen molar-refractivity contribution < 1.29 is 38.1 Å². The molecule has 0 radical (unpaired) electrons. The summed E-state index contributed by atoms with van der Waals surface area (Å²) >= 11 is 5.81. The average Bonchev–Trinajstić information content (AvgIpc) is 4.06. The summed E-state index contributed by atoms with van der Waals surface area (Å²) < 4.78 is 25.8. The van der Waals surface area contributed by atoms with Crippen LogP contribution in [0.5, 0.6) is 0 Å². The molecule has 0 aromatic carbocycles. The van der Waals surface area contributed by atoms with E-state index in [0.29, 0.717) is 43.5 Å². The summed E-state index contributed by atoms with van der Waals surface area (Å²) in [5, 5.41) is 13.9. The predicted octanol–water partition coefficient (Wildman–Crippen LogP) is 7.45. The Morgan fingerprint density at radius 3 is 1.66 bits per heavy atom. The summed E-state index contributed by atoms with van der Waals surface area (Å²) in [5.74, 6) is 0.591. The first-order valence-corrected chi connectivity index (χ1v) is 21.1. The van der Waals surface area contributed by atoms with Crippen LogP contribution < -0.4 is 27.2 Å². The lowest BCUT2D eigenvalue weighted by Gasteiger charge is -2.23. The number of hydrogen-bond acceptors (Lipinski definition) is 17. The lowest BCUT2D eigenvalue weighted by Crippen LogP contribution is -2.31. The first kappa shape index (κ1) is 56.0. The molecular formula is C40H60N8O9S4. The van der Waals surface area contributed by atoms with E-state index < -0.39 is 5.97 Å². The van der Waals surface area contributed by atoms with E-state index in [9.17, 15) is 19.2 Å². The minimum Gasteiger partial charge on any atom is -0.484 e. The molecule has 0 aliphatic rings. The number of aryl methyl sites for hydroxylation is 3. The maximum Gasteiger partial charge on any atom is 0.279 e.